The van der Waals surface area contributed by atoms with Crippen molar-refractivity contribution in [1.82, 2.24) is 10.6 Å². The maximum absolute atomic E-state index is 12.5. The Morgan fingerprint density at radius 2 is 1.83 bits per heavy atom. The second-order valence-corrected chi connectivity index (χ2v) is 7.28. The second-order valence-electron chi connectivity index (χ2n) is 6.30. The summed E-state index contributed by atoms with van der Waals surface area (Å²) in [7, 11) is 0. The number of thiophene rings is 1. The Hall–Kier alpha value is -2.34. The predicted molar refractivity (Wildman–Crippen MR) is 94.7 cm³/mol. The standard InChI is InChI=1S/C18H22N2O3S/c1-18(2,3)23-17(22)20-15(14-10-7-11-24-14)16(21)19-12-13-8-5-4-6-9-13/h4-11,15H,12H2,1-3H3,(H,19,21)(H,20,22)/t15-/m1/s1. The zero-order valence-corrected chi connectivity index (χ0v) is 14.9. The largest absolute Gasteiger partial charge is 0.444 e. The van der Waals surface area contributed by atoms with E-state index in [1.165, 1.54) is 11.3 Å². The Bertz CT molecular complexity index is 663. The van der Waals surface area contributed by atoms with Crippen LogP contribution in [0.1, 0.15) is 37.3 Å². The van der Waals surface area contributed by atoms with Gasteiger partial charge in [0.1, 0.15) is 11.6 Å². The first-order chi connectivity index (χ1) is 11.3. The van der Waals surface area contributed by atoms with Crippen molar-refractivity contribution in [1.29, 1.82) is 0 Å². The maximum atomic E-state index is 12.5. The third-order valence-electron chi connectivity index (χ3n) is 3.06. The molecule has 2 rings (SSSR count). The van der Waals surface area contributed by atoms with Gasteiger partial charge in [0.2, 0.25) is 5.91 Å². The molecule has 1 atom stereocenters. The van der Waals surface area contributed by atoms with Gasteiger partial charge in [-0.1, -0.05) is 36.4 Å². The van der Waals surface area contributed by atoms with Crippen LogP contribution in [-0.2, 0) is 16.1 Å². The molecule has 1 heterocycles. The smallest absolute Gasteiger partial charge is 0.408 e. The molecule has 0 bridgehead atoms. The van der Waals surface area contributed by atoms with E-state index in [1.54, 1.807) is 20.8 Å². The zero-order valence-electron chi connectivity index (χ0n) is 14.0. The molecule has 1 aromatic heterocycles. The molecule has 0 fully saturated rings. The summed E-state index contributed by atoms with van der Waals surface area (Å²) < 4.78 is 5.25. The molecule has 0 aliphatic heterocycles. The van der Waals surface area contributed by atoms with Crippen LogP contribution in [0.5, 0.6) is 0 Å². The molecule has 2 aromatic rings. The van der Waals surface area contributed by atoms with Gasteiger partial charge < -0.3 is 15.4 Å². The Morgan fingerprint density at radius 3 is 2.42 bits per heavy atom. The Balaban J connectivity index is 2.03. The highest BCUT2D eigenvalue weighted by Gasteiger charge is 2.26. The predicted octanol–water partition coefficient (Wildman–Crippen LogP) is 3.63. The van der Waals surface area contributed by atoms with E-state index in [2.05, 4.69) is 10.6 Å². The minimum Gasteiger partial charge on any atom is -0.444 e. The second kappa shape index (κ2) is 7.97. The lowest BCUT2D eigenvalue weighted by Crippen LogP contribution is -2.42. The SMILES string of the molecule is CC(C)(C)OC(=O)N[C@@H](C(=O)NCc1ccccc1)c1cccs1. The summed E-state index contributed by atoms with van der Waals surface area (Å²) in [4.78, 5) is 25.3. The fraction of sp³-hybridized carbons (Fsp3) is 0.333. The summed E-state index contributed by atoms with van der Waals surface area (Å²) in [6.45, 7) is 5.74. The van der Waals surface area contributed by atoms with E-state index in [1.807, 2.05) is 47.8 Å². The summed E-state index contributed by atoms with van der Waals surface area (Å²) in [5.41, 5.74) is 0.373. The molecule has 0 saturated carbocycles. The average molecular weight is 346 g/mol. The number of hydrogen-bond donors (Lipinski definition) is 2. The van der Waals surface area contributed by atoms with Gasteiger partial charge >= 0.3 is 6.09 Å². The Labute approximate surface area is 146 Å². The molecule has 5 nitrogen and oxygen atoms in total. The van der Waals surface area contributed by atoms with Crippen LogP contribution in [0.3, 0.4) is 0 Å². The molecule has 2 amide bonds. The van der Waals surface area contributed by atoms with Crippen LogP contribution < -0.4 is 10.6 Å². The lowest BCUT2D eigenvalue weighted by molar-refractivity contribution is -0.123. The number of carbonyl (C=O) groups excluding carboxylic acids is 2. The van der Waals surface area contributed by atoms with E-state index >= 15 is 0 Å². The van der Waals surface area contributed by atoms with Crippen LogP contribution in [0.15, 0.2) is 47.8 Å². The first-order valence-corrected chi connectivity index (χ1v) is 8.58. The molecule has 6 heteroatoms. The number of rotatable bonds is 5. The minimum atomic E-state index is -0.774. The van der Waals surface area contributed by atoms with Gasteiger partial charge in [0, 0.05) is 11.4 Å². The zero-order chi connectivity index (χ0) is 17.6. The van der Waals surface area contributed by atoms with Gasteiger partial charge in [-0.3, -0.25) is 4.79 Å². The Kier molecular flexibility index (Phi) is 5.98. The minimum absolute atomic E-state index is 0.271. The molecule has 0 aliphatic rings. The summed E-state index contributed by atoms with van der Waals surface area (Å²) in [5, 5.41) is 7.37. The van der Waals surface area contributed by atoms with Crippen LogP contribution in [0.4, 0.5) is 4.79 Å². The molecule has 24 heavy (non-hydrogen) atoms. The maximum Gasteiger partial charge on any atom is 0.408 e. The summed E-state index contributed by atoms with van der Waals surface area (Å²) in [6, 6.07) is 12.5. The number of alkyl carbamates (subject to hydrolysis) is 1. The van der Waals surface area contributed by atoms with Gasteiger partial charge in [0.05, 0.1) is 0 Å². The third kappa shape index (κ3) is 5.70. The molecule has 2 N–H and O–H groups in total. The van der Waals surface area contributed by atoms with Crippen molar-refractivity contribution in [2.24, 2.45) is 0 Å². The monoisotopic (exact) mass is 346 g/mol. The van der Waals surface area contributed by atoms with Crippen LogP contribution in [0.2, 0.25) is 0 Å². The molecule has 0 saturated heterocycles. The van der Waals surface area contributed by atoms with Gasteiger partial charge in [-0.05, 0) is 37.8 Å². The average Bonchev–Trinajstić information content (AvgIpc) is 3.03. The number of benzene rings is 1. The Morgan fingerprint density at radius 1 is 1.12 bits per heavy atom. The summed E-state index contributed by atoms with van der Waals surface area (Å²) >= 11 is 1.41. The van der Waals surface area contributed by atoms with E-state index in [0.717, 1.165) is 10.4 Å². The highest BCUT2D eigenvalue weighted by Crippen LogP contribution is 2.20. The molecule has 0 unspecified atom stereocenters. The lowest BCUT2D eigenvalue weighted by Gasteiger charge is -2.23. The van der Waals surface area contributed by atoms with Crippen molar-refractivity contribution in [2.75, 3.05) is 0 Å². The van der Waals surface area contributed by atoms with Gasteiger partial charge in [0.25, 0.3) is 0 Å². The first kappa shape index (κ1) is 18.0. The molecule has 128 valence electrons. The fourth-order valence-corrected chi connectivity index (χ4v) is 2.81. The first-order valence-electron chi connectivity index (χ1n) is 7.70. The number of nitrogens with one attached hydrogen (secondary N) is 2. The highest BCUT2D eigenvalue weighted by molar-refractivity contribution is 7.10. The molecular formula is C18H22N2O3S. The topological polar surface area (TPSA) is 67.4 Å². The number of hydrogen-bond acceptors (Lipinski definition) is 4. The number of ether oxygens (including phenoxy) is 1. The number of carbonyl (C=O) groups is 2. The van der Waals surface area contributed by atoms with Gasteiger partial charge in [-0.25, -0.2) is 4.79 Å². The molecule has 1 aromatic carbocycles. The van der Waals surface area contributed by atoms with E-state index in [4.69, 9.17) is 4.74 Å². The summed E-state index contributed by atoms with van der Waals surface area (Å²) in [6.07, 6.45) is -0.615. The van der Waals surface area contributed by atoms with Gasteiger partial charge in [-0.2, -0.15) is 0 Å². The molecule has 0 spiro atoms. The van der Waals surface area contributed by atoms with Crippen molar-refractivity contribution in [2.45, 2.75) is 39.0 Å². The summed E-state index contributed by atoms with van der Waals surface area (Å²) in [5.74, 6) is -0.271. The molecule has 0 radical (unpaired) electrons. The van der Waals surface area contributed by atoms with Crippen molar-refractivity contribution in [3.63, 3.8) is 0 Å². The van der Waals surface area contributed by atoms with Crippen LogP contribution in [0, 0.1) is 0 Å². The van der Waals surface area contributed by atoms with Crippen molar-refractivity contribution in [3.8, 4) is 0 Å². The molecular weight excluding hydrogens is 324 g/mol. The normalized spacial score (nSPS) is 12.3. The fourth-order valence-electron chi connectivity index (χ4n) is 2.03. The quantitative estimate of drug-likeness (QED) is 0.869. The van der Waals surface area contributed by atoms with E-state index in [9.17, 15) is 9.59 Å². The lowest BCUT2D eigenvalue weighted by atomic mass is 10.2. The van der Waals surface area contributed by atoms with E-state index < -0.39 is 17.7 Å². The van der Waals surface area contributed by atoms with E-state index in [-0.39, 0.29) is 5.91 Å². The van der Waals surface area contributed by atoms with Crippen LogP contribution >= 0.6 is 11.3 Å². The third-order valence-corrected chi connectivity index (χ3v) is 4.00. The van der Waals surface area contributed by atoms with Crippen molar-refractivity contribution < 1.29 is 14.3 Å². The van der Waals surface area contributed by atoms with Gasteiger partial charge in [0.15, 0.2) is 0 Å². The van der Waals surface area contributed by atoms with Crippen molar-refractivity contribution >= 4 is 23.3 Å². The van der Waals surface area contributed by atoms with Crippen molar-refractivity contribution in [3.05, 3.63) is 58.3 Å². The molecule has 0 aliphatic carbocycles. The van der Waals surface area contributed by atoms with Crippen LogP contribution in [0.25, 0.3) is 0 Å². The number of amides is 2. The van der Waals surface area contributed by atoms with Crippen LogP contribution in [-0.4, -0.2) is 17.6 Å². The van der Waals surface area contributed by atoms with Gasteiger partial charge in [-0.15, -0.1) is 11.3 Å². The van der Waals surface area contributed by atoms with E-state index in [0.29, 0.717) is 6.54 Å². The highest BCUT2D eigenvalue weighted by atomic mass is 32.1.